The van der Waals surface area contributed by atoms with E-state index in [9.17, 15) is 4.79 Å². The van der Waals surface area contributed by atoms with Crippen molar-refractivity contribution in [2.45, 2.75) is 63.8 Å². The molecule has 1 heterocycles. The molecule has 1 saturated carbocycles. The van der Waals surface area contributed by atoms with Crippen LogP contribution in [-0.4, -0.2) is 42.5 Å². The Hall–Kier alpha value is -0.610. The molecule has 0 aromatic carbocycles. The van der Waals surface area contributed by atoms with Crippen LogP contribution in [0, 0.1) is 5.92 Å². The number of carbonyl (C=O) groups excluding carboxylic acids is 1. The topological polar surface area (TPSA) is 58.4 Å². The second-order valence-electron chi connectivity index (χ2n) is 6.64. The van der Waals surface area contributed by atoms with Gasteiger partial charge in [0, 0.05) is 6.54 Å². The number of likely N-dealkylation sites (tertiary alicyclic amines) is 1. The molecule has 1 saturated heterocycles. The molecule has 4 nitrogen and oxygen atoms in total. The fourth-order valence-electron chi connectivity index (χ4n) is 3.57. The number of rotatable bonds is 5. The molecule has 20 heavy (non-hydrogen) atoms. The molecule has 1 aliphatic carbocycles. The van der Waals surface area contributed by atoms with Gasteiger partial charge >= 0.3 is 0 Å². The Morgan fingerprint density at radius 2 is 1.90 bits per heavy atom. The Labute approximate surface area is 123 Å². The highest BCUT2D eigenvalue weighted by Crippen LogP contribution is 2.26. The third-order valence-corrected chi connectivity index (χ3v) is 5.19. The second-order valence-corrected chi connectivity index (χ2v) is 6.64. The van der Waals surface area contributed by atoms with E-state index in [1.165, 1.54) is 38.9 Å². The van der Waals surface area contributed by atoms with Gasteiger partial charge in [0.15, 0.2) is 0 Å². The molecular formula is C16H31N3O. The number of hydrogen-bond donors (Lipinski definition) is 2. The maximum Gasteiger partial charge on any atom is 0.240 e. The van der Waals surface area contributed by atoms with Gasteiger partial charge in [0.1, 0.15) is 0 Å². The molecule has 0 unspecified atom stereocenters. The Morgan fingerprint density at radius 3 is 2.50 bits per heavy atom. The first-order valence-corrected chi connectivity index (χ1v) is 8.43. The van der Waals surface area contributed by atoms with Gasteiger partial charge in [-0.1, -0.05) is 26.2 Å². The molecule has 2 rings (SSSR count). The number of nitrogens with two attached hydrogens (primary N) is 1. The van der Waals surface area contributed by atoms with Crippen LogP contribution in [0.5, 0.6) is 0 Å². The van der Waals surface area contributed by atoms with Gasteiger partial charge in [-0.2, -0.15) is 0 Å². The normalized spacial score (nSPS) is 24.5. The third kappa shape index (κ3) is 4.19. The second kappa shape index (κ2) is 7.41. The van der Waals surface area contributed by atoms with Gasteiger partial charge in [0.25, 0.3) is 0 Å². The van der Waals surface area contributed by atoms with E-state index >= 15 is 0 Å². The van der Waals surface area contributed by atoms with Crippen LogP contribution in [0.2, 0.25) is 0 Å². The average molecular weight is 281 g/mol. The summed E-state index contributed by atoms with van der Waals surface area (Å²) in [5, 5.41) is 3.09. The van der Waals surface area contributed by atoms with Crippen LogP contribution >= 0.6 is 0 Å². The maximum atomic E-state index is 12.2. The van der Waals surface area contributed by atoms with Crippen molar-refractivity contribution in [1.82, 2.24) is 10.2 Å². The molecule has 0 spiro atoms. The van der Waals surface area contributed by atoms with E-state index < -0.39 is 5.54 Å². The number of hydrogen-bond acceptors (Lipinski definition) is 3. The smallest absolute Gasteiger partial charge is 0.240 e. The minimum atomic E-state index is -0.580. The summed E-state index contributed by atoms with van der Waals surface area (Å²) in [4.78, 5) is 14.7. The maximum absolute atomic E-state index is 12.2. The monoisotopic (exact) mass is 281 g/mol. The van der Waals surface area contributed by atoms with Crippen LogP contribution in [0.25, 0.3) is 0 Å². The molecule has 3 N–H and O–H groups in total. The summed E-state index contributed by atoms with van der Waals surface area (Å²) < 4.78 is 0. The van der Waals surface area contributed by atoms with E-state index in [4.69, 9.17) is 5.73 Å². The first-order chi connectivity index (χ1) is 9.64. The van der Waals surface area contributed by atoms with Crippen LogP contribution in [0.15, 0.2) is 0 Å². The summed E-state index contributed by atoms with van der Waals surface area (Å²) in [6.07, 6.45) is 8.79. The van der Waals surface area contributed by atoms with Gasteiger partial charge in [-0.05, 0) is 57.7 Å². The fraction of sp³-hybridized carbons (Fsp3) is 0.938. The van der Waals surface area contributed by atoms with Crippen molar-refractivity contribution in [3.8, 4) is 0 Å². The quantitative estimate of drug-likeness (QED) is 0.809. The van der Waals surface area contributed by atoms with Gasteiger partial charge in [0.05, 0.1) is 5.54 Å². The molecule has 1 aliphatic heterocycles. The lowest BCUT2D eigenvalue weighted by atomic mass is 9.82. The summed E-state index contributed by atoms with van der Waals surface area (Å²) in [6, 6.07) is 0. The lowest BCUT2D eigenvalue weighted by Crippen LogP contribution is -2.55. The van der Waals surface area contributed by atoms with Crippen LogP contribution in [-0.2, 0) is 4.79 Å². The predicted molar refractivity (Wildman–Crippen MR) is 82.5 cm³/mol. The zero-order chi connectivity index (χ0) is 14.4. The Kier molecular flexibility index (Phi) is 5.85. The van der Waals surface area contributed by atoms with Gasteiger partial charge in [-0.25, -0.2) is 0 Å². The Balaban J connectivity index is 1.64. The van der Waals surface area contributed by atoms with Crippen LogP contribution in [0.3, 0.4) is 0 Å². The van der Waals surface area contributed by atoms with E-state index in [1.807, 2.05) is 0 Å². The van der Waals surface area contributed by atoms with Crippen molar-refractivity contribution >= 4 is 5.91 Å². The van der Waals surface area contributed by atoms with E-state index in [1.54, 1.807) is 0 Å². The number of nitrogens with zero attached hydrogens (tertiary/aromatic N) is 1. The first-order valence-electron chi connectivity index (χ1n) is 8.43. The van der Waals surface area contributed by atoms with Gasteiger partial charge in [-0.3, -0.25) is 4.79 Å². The molecule has 2 fully saturated rings. The molecule has 0 bridgehead atoms. The predicted octanol–water partition coefficient (Wildman–Crippen LogP) is 1.89. The van der Waals surface area contributed by atoms with Crippen LogP contribution in [0.1, 0.15) is 58.3 Å². The van der Waals surface area contributed by atoms with Gasteiger partial charge in [-0.15, -0.1) is 0 Å². The Morgan fingerprint density at radius 1 is 1.25 bits per heavy atom. The molecule has 116 valence electrons. The summed E-state index contributed by atoms with van der Waals surface area (Å²) in [6.45, 7) is 6.63. The zero-order valence-electron chi connectivity index (χ0n) is 13.0. The lowest BCUT2D eigenvalue weighted by molar-refractivity contribution is -0.127. The van der Waals surface area contributed by atoms with Crippen molar-refractivity contribution in [2.24, 2.45) is 11.7 Å². The van der Waals surface area contributed by atoms with Crippen molar-refractivity contribution in [1.29, 1.82) is 0 Å². The van der Waals surface area contributed by atoms with Gasteiger partial charge < -0.3 is 16.0 Å². The SMILES string of the molecule is CCN1CCC(CCNC(=O)C2(N)CCCCC2)CC1. The molecular weight excluding hydrogens is 250 g/mol. The van der Waals surface area contributed by atoms with Crippen LogP contribution in [0.4, 0.5) is 0 Å². The molecule has 2 aliphatic rings. The first kappa shape index (κ1) is 15.8. The van der Waals surface area contributed by atoms with Crippen molar-refractivity contribution in [3.63, 3.8) is 0 Å². The molecule has 1 amide bonds. The fourth-order valence-corrected chi connectivity index (χ4v) is 3.57. The van der Waals surface area contributed by atoms with E-state index in [0.29, 0.717) is 0 Å². The van der Waals surface area contributed by atoms with Crippen molar-refractivity contribution in [2.75, 3.05) is 26.2 Å². The van der Waals surface area contributed by atoms with E-state index in [2.05, 4.69) is 17.1 Å². The molecule has 0 aromatic heterocycles. The number of piperidine rings is 1. The largest absolute Gasteiger partial charge is 0.354 e. The van der Waals surface area contributed by atoms with E-state index in [0.717, 1.165) is 44.6 Å². The van der Waals surface area contributed by atoms with Crippen molar-refractivity contribution in [3.05, 3.63) is 0 Å². The summed E-state index contributed by atoms with van der Waals surface area (Å²) in [7, 11) is 0. The summed E-state index contributed by atoms with van der Waals surface area (Å²) in [5.74, 6) is 0.862. The van der Waals surface area contributed by atoms with Gasteiger partial charge in [0.2, 0.25) is 5.91 Å². The van der Waals surface area contributed by atoms with Crippen molar-refractivity contribution < 1.29 is 4.79 Å². The van der Waals surface area contributed by atoms with E-state index in [-0.39, 0.29) is 5.91 Å². The standard InChI is InChI=1S/C16H31N3O/c1-2-19-12-7-14(8-13-19)6-11-18-15(20)16(17)9-4-3-5-10-16/h14H,2-13,17H2,1H3,(H,18,20). The minimum absolute atomic E-state index is 0.0863. The lowest BCUT2D eigenvalue weighted by Gasteiger charge is -2.33. The number of nitrogens with one attached hydrogen (secondary N) is 1. The average Bonchev–Trinajstić information content (AvgIpc) is 2.48. The summed E-state index contributed by atoms with van der Waals surface area (Å²) >= 11 is 0. The number of amides is 1. The highest BCUT2D eigenvalue weighted by atomic mass is 16.2. The molecule has 0 radical (unpaired) electrons. The summed E-state index contributed by atoms with van der Waals surface area (Å²) in [5.41, 5.74) is 5.66. The Bertz CT molecular complexity index is 305. The third-order valence-electron chi connectivity index (χ3n) is 5.19. The zero-order valence-corrected chi connectivity index (χ0v) is 13.0. The molecule has 4 heteroatoms. The molecule has 0 aromatic rings. The highest BCUT2D eigenvalue weighted by Gasteiger charge is 2.34. The van der Waals surface area contributed by atoms with Crippen LogP contribution < -0.4 is 11.1 Å². The highest BCUT2D eigenvalue weighted by molar-refractivity contribution is 5.86. The number of carbonyl (C=O) groups is 1. The molecule has 0 atom stereocenters. The minimum Gasteiger partial charge on any atom is -0.354 e.